The van der Waals surface area contributed by atoms with Gasteiger partial charge in [-0.2, -0.15) is 0 Å². The van der Waals surface area contributed by atoms with Crippen LogP contribution in [-0.4, -0.2) is 33.1 Å². The van der Waals surface area contributed by atoms with Gasteiger partial charge in [0.2, 0.25) is 0 Å². The molecule has 6 aromatic rings. The number of hydrogen-bond donors (Lipinski definition) is 0. The summed E-state index contributed by atoms with van der Waals surface area (Å²) in [5, 5.41) is 0. The summed E-state index contributed by atoms with van der Waals surface area (Å²) in [6.07, 6.45) is 7.08. The van der Waals surface area contributed by atoms with E-state index in [0.29, 0.717) is 22.5 Å². The summed E-state index contributed by atoms with van der Waals surface area (Å²) in [5.41, 5.74) is 11.8. The van der Waals surface area contributed by atoms with Crippen LogP contribution in [-0.2, 0) is 19.2 Å². The normalized spacial score (nSPS) is 17.5. The second-order valence-corrected chi connectivity index (χ2v) is 14.6. The number of carbonyl (C=O) groups excluding carboxylic acids is 4. The van der Waals surface area contributed by atoms with Gasteiger partial charge in [-0.3, -0.25) is 29.1 Å². The quantitative estimate of drug-likeness (QED) is 0.123. The van der Waals surface area contributed by atoms with Gasteiger partial charge in [-0.05, 0) is 132 Å². The van der Waals surface area contributed by atoms with E-state index in [1.165, 1.54) is 12.1 Å². The average molecular weight is 783 g/mol. The van der Waals surface area contributed by atoms with Crippen LogP contribution in [0.1, 0.15) is 83.3 Å². The fourth-order valence-corrected chi connectivity index (χ4v) is 7.99. The van der Waals surface area contributed by atoms with Crippen LogP contribution >= 0.6 is 0 Å². The van der Waals surface area contributed by atoms with Gasteiger partial charge >= 0.3 is 0 Å². The van der Waals surface area contributed by atoms with Gasteiger partial charge in [0.15, 0.2) is 23.1 Å². The summed E-state index contributed by atoms with van der Waals surface area (Å²) >= 11 is 0. The molecule has 0 N–H and O–H groups in total. The van der Waals surface area contributed by atoms with Crippen molar-refractivity contribution >= 4 is 35.3 Å². The summed E-state index contributed by atoms with van der Waals surface area (Å²) in [6.45, 7) is 11.8. The van der Waals surface area contributed by atoms with Crippen LogP contribution in [0.25, 0.3) is 34.4 Å². The van der Waals surface area contributed by atoms with Crippen molar-refractivity contribution in [1.82, 2.24) is 9.97 Å². The molecule has 2 saturated carbocycles. The van der Waals surface area contributed by atoms with Crippen molar-refractivity contribution < 1.29 is 23.6 Å². The molecule has 296 valence electrons. The molecule has 2 aliphatic rings. The Morgan fingerprint density at radius 2 is 0.864 bits per heavy atom. The molecule has 59 heavy (non-hydrogen) atoms. The smallest absolute Gasteiger partial charge is 0.174 e. The molecule has 0 bridgehead atoms. The molecular weight excluding hydrogens is 736 g/mol. The van der Waals surface area contributed by atoms with E-state index in [9.17, 15) is 23.6 Å². The lowest BCUT2D eigenvalue weighted by atomic mass is 9.86. The Bertz CT molecular complexity index is 2530. The predicted molar refractivity (Wildman–Crippen MR) is 233 cm³/mol. The highest BCUT2D eigenvalue weighted by Crippen LogP contribution is 2.39. The highest BCUT2D eigenvalue weighted by atomic mass is 19.1. The number of carbonyl (C=O) groups is 4. The number of rotatable bonds is 6. The Kier molecular flexibility index (Phi) is 13.3. The number of ketones is 4. The van der Waals surface area contributed by atoms with E-state index in [2.05, 4.69) is 34.2 Å². The van der Waals surface area contributed by atoms with E-state index >= 15 is 0 Å². The third kappa shape index (κ3) is 9.37. The maximum atomic E-state index is 13.2. The van der Waals surface area contributed by atoms with Crippen molar-refractivity contribution in [1.29, 1.82) is 0 Å². The van der Waals surface area contributed by atoms with E-state index in [4.69, 9.17) is 0 Å². The largest absolute Gasteiger partial charge is 0.298 e. The SMILES string of the molecule is CC.Cc1cc(-c2ccc(F)cc2)cc(C)c1C1C(=O)C/C(=C\c2ccccn2)C1=O.Cc1cc(-c2ccccc2)cc(C)c1C1C(=O)C/C(=C\c2ccccn2)C1=O. The minimum absolute atomic E-state index is 0.0363. The van der Waals surface area contributed by atoms with Gasteiger partial charge in [0.1, 0.15) is 17.7 Å². The first-order valence-electron chi connectivity index (χ1n) is 19.9. The fraction of sp³-hybridized carbons (Fsp3) is 0.192. The fourth-order valence-electron chi connectivity index (χ4n) is 7.99. The Morgan fingerprint density at radius 1 is 0.492 bits per heavy atom. The van der Waals surface area contributed by atoms with Gasteiger partial charge in [-0.1, -0.05) is 92.7 Å². The molecule has 8 rings (SSSR count). The second-order valence-electron chi connectivity index (χ2n) is 14.6. The lowest BCUT2D eigenvalue weighted by Gasteiger charge is -2.16. The number of nitrogens with zero attached hydrogens (tertiary/aromatic N) is 2. The molecule has 2 aliphatic carbocycles. The van der Waals surface area contributed by atoms with Gasteiger partial charge in [0.25, 0.3) is 0 Å². The molecule has 0 spiro atoms. The van der Waals surface area contributed by atoms with Crippen LogP contribution < -0.4 is 0 Å². The Labute approximate surface area is 345 Å². The molecule has 0 aliphatic heterocycles. The minimum atomic E-state index is -0.771. The van der Waals surface area contributed by atoms with Crippen LogP contribution in [0.5, 0.6) is 0 Å². The number of allylic oxidation sites excluding steroid dienone is 2. The summed E-state index contributed by atoms with van der Waals surface area (Å²) < 4.78 is 13.2. The highest BCUT2D eigenvalue weighted by molar-refractivity contribution is 6.25. The summed E-state index contributed by atoms with van der Waals surface area (Å²) in [7, 11) is 0. The van der Waals surface area contributed by atoms with Crippen molar-refractivity contribution in [2.45, 2.75) is 66.2 Å². The van der Waals surface area contributed by atoms with Gasteiger partial charge < -0.3 is 0 Å². The molecule has 2 unspecified atom stereocenters. The van der Waals surface area contributed by atoms with E-state index < -0.39 is 11.8 Å². The number of Topliss-reactive ketones (excluding diaryl/α,β-unsaturated/α-hetero) is 4. The minimum Gasteiger partial charge on any atom is -0.298 e. The number of pyridine rings is 2. The third-order valence-electron chi connectivity index (χ3n) is 10.6. The van der Waals surface area contributed by atoms with Crippen molar-refractivity contribution in [2.24, 2.45) is 0 Å². The number of halogens is 1. The predicted octanol–water partition coefficient (Wildman–Crippen LogP) is 11.3. The zero-order chi connectivity index (χ0) is 42.2. The van der Waals surface area contributed by atoms with Gasteiger partial charge in [-0.15, -0.1) is 0 Å². The molecule has 2 atom stereocenters. The van der Waals surface area contributed by atoms with Gasteiger partial charge in [0, 0.05) is 36.4 Å². The van der Waals surface area contributed by atoms with E-state index in [1.54, 1.807) is 36.7 Å². The number of hydrogen-bond acceptors (Lipinski definition) is 6. The molecule has 0 amide bonds. The van der Waals surface area contributed by atoms with E-state index in [1.807, 2.05) is 108 Å². The first kappa shape index (κ1) is 41.9. The Hall–Kier alpha value is -6.73. The topological polar surface area (TPSA) is 94.1 Å². The first-order chi connectivity index (χ1) is 28.5. The van der Waals surface area contributed by atoms with Crippen LogP contribution in [0.4, 0.5) is 4.39 Å². The van der Waals surface area contributed by atoms with Crippen LogP contribution in [0, 0.1) is 33.5 Å². The standard InChI is InChI=1S/C25H20FNO2.C25H21NO2.C2H6/c1-15-11-18(17-6-8-20(26)9-7-17)12-16(2)23(15)24-22(28)14-19(25(24)29)13-21-5-3-4-10-27-21;1-16-12-19(18-8-4-3-5-9-18)13-17(2)23(16)24-22(27)15-20(25(24)28)14-21-10-6-7-11-26-21;1-2/h3-13,24H,14H2,1-2H3;3-14,24H,15H2,1-2H3;1-2H3/b19-13+;20-14+;. The molecule has 2 aromatic heterocycles. The first-order valence-corrected chi connectivity index (χ1v) is 19.9. The monoisotopic (exact) mass is 782 g/mol. The molecule has 0 saturated heterocycles. The number of aryl methyl sites for hydroxylation is 4. The highest BCUT2D eigenvalue weighted by Gasteiger charge is 2.41. The maximum absolute atomic E-state index is 13.2. The Balaban J connectivity index is 0.000000191. The molecule has 2 fully saturated rings. The molecule has 6 nitrogen and oxygen atoms in total. The molecule has 0 radical (unpaired) electrons. The lowest BCUT2D eigenvalue weighted by molar-refractivity contribution is -0.124. The van der Waals surface area contributed by atoms with Gasteiger partial charge in [0.05, 0.1) is 11.4 Å². The lowest BCUT2D eigenvalue weighted by Crippen LogP contribution is -2.15. The maximum Gasteiger partial charge on any atom is 0.174 e. The van der Waals surface area contributed by atoms with Crippen molar-refractivity contribution in [3.05, 3.63) is 189 Å². The van der Waals surface area contributed by atoms with Gasteiger partial charge in [-0.25, -0.2) is 4.39 Å². The number of benzene rings is 4. The second kappa shape index (κ2) is 18.7. The van der Waals surface area contributed by atoms with Crippen molar-refractivity contribution in [3.8, 4) is 22.3 Å². The van der Waals surface area contributed by atoms with E-state index in [0.717, 1.165) is 55.6 Å². The zero-order valence-electron chi connectivity index (χ0n) is 34.3. The molecule has 4 aromatic carbocycles. The summed E-state index contributed by atoms with van der Waals surface area (Å²) in [6, 6.07) is 35.5. The van der Waals surface area contributed by atoms with E-state index in [-0.39, 0.29) is 41.8 Å². The third-order valence-corrected chi connectivity index (χ3v) is 10.6. The molecular formula is C52H47FN2O4. The molecule has 7 heteroatoms. The van der Waals surface area contributed by atoms with Crippen LogP contribution in [0.3, 0.4) is 0 Å². The van der Waals surface area contributed by atoms with Crippen LogP contribution in [0.15, 0.2) is 139 Å². The van der Waals surface area contributed by atoms with Crippen molar-refractivity contribution in [2.75, 3.05) is 0 Å². The summed E-state index contributed by atoms with van der Waals surface area (Å²) in [4.78, 5) is 60.1. The van der Waals surface area contributed by atoms with Crippen molar-refractivity contribution in [3.63, 3.8) is 0 Å². The average Bonchev–Trinajstić information content (AvgIpc) is 3.67. The summed E-state index contributed by atoms with van der Waals surface area (Å²) in [5.74, 6) is -2.14. The zero-order valence-corrected chi connectivity index (χ0v) is 34.3. The molecule has 2 heterocycles. The Morgan fingerprint density at radius 3 is 1.24 bits per heavy atom. The number of aromatic nitrogens is 2. The van der Waals surface area contributed by atoms with Crippen LogP contribution in [0.2, 0.25) is 0 Å².